The molecular weight excluding hydrogens is 597 g/mol. The minimum atomic E-state index is -1.97. The molecule has 1 aromatic carbocycles. The highest BCUT2D eigenvalue weighted by Crippen LogP contribution is 2.23. The number of ketones is 1. The Morgan fingerprint density at radius 1 is 1.16 bits per heavy atom. The number of carboxylic acid groups (broad SMARTS) is 3. The van der Waals surface area contributed by atoms with Crippen molar-refractivity contribution in [2.24, 2.45) is 11.7 Å². The highest BCUT2D eigenvalue weighted by Gasteiger charge is 2.36. The monoisotopic (exact) mass is 627 g/mol. The molecule has 0 bridgehead atoms. The number of benzene rings is 1. The van der Waals surface area contributed by atoms with Gasteiger partial charge in [-0.2, -0.15) is 4.98 Å². The summed E-state index contributed by atoms with van der Waals surface area (Å²) in [6.45, 7) is 0.0947. The van der Waals surface area contributed by atoms with Crippen LogP contribution in [0.15, 0.2) is 29.2 Å². The number of rotatable bonds is 16. The van der Waals surface area contributed by atoms with Crippen LogP contribution >= 0.6 is 0 Å². The van der Waals surface area contributed by atoms with E-state index in [1.165, 1.54) is 17.0 Å². The van der Waals surface area contributed by atoms with Crippen LogP contribution in [0.4, 0.5) is 16.0 Å². The SMILES string of the molecule is C#CCN(CCc1c[nH]c2nc(N)[nH]c(=O)c12)c1ccc(C(=O)N[C@@H](CCC(=O)O)C(=O)C(C[C@H](N)C(=O)O)C(=O)O)cc1F. The Hall–Kier alpha value is -5.76. The Kier molecular flexibility index (Phi) is 11.0. The summed E-state index contributed by atoms with van der Waals surface area (Å²) in [5.41, 5.74) is 11.1. The van der Waals surface area contributed by atoms with Crippen LogP contribution in [0.3, 0.4) is 0 Å². The Morgan fingerprint density at radius 3 is 2.47 bits per heavy atom. The van der Waals surface area contributed by atoms with E-state index in [1.54, 1.807) is 6.20 Å². The highest BCUT2D eigenvalue weighted by atomic mass is 19.1. The number of terminal acetylenes is 1. The zero-order chi connectivity index (χ0) is 33.4. The van der Waals surface area contributed by atoms with E-state index in [-0.39, 0.29) is 47.7 Å². The molecule has 0 aliphatic rings. The molecule has 0 aliphatic heterocycles. The molecule has 3 atom stereocenters. The van der Waals surface area contributed by atoms with Gasteiger partial charge in [-0.3, -0.25) is 33.8 Å². The van der Waals surface area contributed by atoms with Crippen LogP contribution in [0, 0.1) is 24.1 Å². The minimum Gasteiger partial charge on any atom is -0.481 e. The molecule has 0 spiro atoms. The minimum absolute atomic E-state index is 0.00715. The number of hydrogen-bond acceptors (Lipinski definition) is 10. The Balaban J connectivity index is 1.81. The summed E-state index contributed by atoms with van der Waals surface area (Å²) < 4.78 is 15.3. The second-order valence-electron chi connectivity index (χ2n) is 9.96. The van der Waals surface area contributed by atoms with E-state index < -0.39 is 78.2 Å². The third-order valence-electron chi connectivity index (χ3n) is 6.87. The van der Waals surface area contributed by atoms with E-state index in [2.05, 4.69) is 26.2 Å². The number of carbonyl (C=O) groups is 5. The number of nitrogens with one attached hydrogen (secondary N) is 3. The first-order valence-electron chi connectivity index (χ1n) is 13.3. The van der Waals surface area contributed by atoms with Crippen LogP contribution in [0.25, 0.3) is 11.0 Å². The smallest absolute Gasteiger partial charge is 0.320 e. The predicted molar refractivity (Wildman–Crippen MR) is 157 cm³/mol. The number of aromatic amines is 2. The molecule has 10 N–H and O–H groups in total. The van der Waals surface area contributed by atoms with Gasteiger partial charge in [0, 0.05) is 24.7 Å². The maximum atomic E-state index is 15.3. The highest BCUT2D eigenvalue weighted by molar-refractivity contribution is 6.04. The van der Waals surface area contributed by atoms with Gasteiger partial charge in [-0.1, -0.05) is 5.92 Å². The van der Waals surface area contributed by atoms with Gasteiger partial charge in [-0.25, -0.2) is 4.39 Å². The van der Waals surface area contributed by atoms with Gasteiger partial charge in [0.1, 0.15) is 23.4 Å². The summed E-state index contributed by atoms with van der Waals surface area (Å²) in [6.07, 6.45) is 5.30. The molecule has 0 aliphatic carbocycles. The van der Waals surface area contributed by atoms with E-state index in [0.29, 0.717) is 5.56 Å². The second kappa shape index (κ2) is 14.6. The normalized spacial score (nSPS) is 12.9. The number of carbonyl (C=O) groups excluding carboxylic acids is 2. The van der Waals surface area contributed by atoms with Crippen molar-refractivity contribution in [3.8, 4) is 12.3 Å². The number of H-pyrrole nitrogens is 2. The lowest BCUT2D eigenvalue weighted by Gasteiger charge is -2.24. The van der Waals surface area contributed by atoms with Crippen molar-refractivity contribution in [3.05, 3.63) is 51.7 Å². The van der Waals surface area contributed by atoms with Gasteiger partial charge in [0.05, 0.1) is 23.7 Å². The van der Waals surface area contributed by atoms with Crippen molar-refractivity contribution in [1.29, 1.82) is 0 Å². The molecule has 3 rings (SSSR count). The third kappa shape index (κ3) is 8.42. The van der Waals surface area contributed by atoms with Gasteiger partial charge >= 0.3 is 17.9 Å². The van der Waals surface area contributed by atoms with Crippen LogP contribution in [-0.4, -0.2) is 85.0 Å². The summed E-state index contributed by atoms with van der Waals surface area (Å²) in [7, 11) is 0. The summed E-state index contributed by atoms with van der Waals surface area (Å²) >= 11 is 0. The van der Waals surface area contributed by atoms with E-state index in [9.17, 15) is 33.9 Å². The van der Waals surface area contributed by atoms with Gasteiger partial charge in [0.25, 0.3) is 11.5 Å². The molecule has 3 aromatic rings. The molecule has 16 nitrogen and oxygen atoms in total. The van der Waals surface area contributed by atoms with Gasteiger partial charge in [-0.05, 0) is 43.0 Å². The molecule has 2 heterocycles. The Labute approximate surface area is 253 Å². The molecule has 17 heteroatoms. The quantitative estimate of drug-likeness (QED) is 0.0748. The summed E-state index contributed by atoms with van der Waals surface area (Å²) in [5, 5.41) is 30.1. The topological polar surface area (TPSA) is 275 Å². The summed E-state index contributed by atoms with van der Waals surface area (Å²) in [5.74, 6) is -7.32. The average molecular weight is 628 g/mol. The van der Waals surface area contributed by atoms with E-state index in [4.69, 9.17) is 28.1 Å². The molecule has 1 amide bonds. The van der Waals surface area contributed by atoms with Crippen molar-refractivity contribution in [2.45, 2.75) is 37.8 Å². The number of carboxylic acids is 3. The van der Waals surface area contributed by atoms with Gasteiger partial charge in [-0.15, -0.1) is 6.42 Å². The third-order valence-corrected chi connectivity index (χ3v) is 6.87. The van der Waals surface area contributed by atoms with Crippen molar-refractivity contribution in [1.82, 2.24) is 20.3 Å². The Bertz CT molecular complexity index is 1730. The standard InChI is InChI=1S/C28H30FN7O9/c1-2-8-36(9-7-14-12-32-23-21(14)25(41)35-28(31)34-23)19-5-3-13(10-16(19)29)24(40)33-18(4-6-20(37)38)22(39)15(26(42)43)11-17(30)27(44)45/h1,3,5,10,12,15,17-18H,4,6-9,11,30H2,(H,33,40)(H,37,38)(H,42,43)(H,44,45)(H4,31,32,34,35,41)/t15?,17-,18-/m0/s1. The fourth-order valence-corrected chi connectivity index (χ4v) is 4.60. The molecule has 238 valence electrons. The molecule has 0 saturated carbocycles. The fourth-order valence-electron chi connectivity index (χ4n) is 4.60. The first-order valence-corrected chi connectivity index (χ1v) is 13.3. The van der Waals surface area contributed by atoms with Gasteiger partial charge in [0.2, 0.25) is 5.95 Å². The van der Waals surface area contributed by atoms with Crippen molar-refractivity contribution in [2.75, 3.05) is 23.7 Å². The maximum Gasteiger partial charge on any atom is 0.320 e. The van der Waals surface area contributed by atoms with Crippen molar-refractivity contribution < 1.29 is 43.7 Å². The molecule has 0 fully saturated rings. The number of anilines is 2. The van der Waals surface area contributed by atoms with E-state index >= 15 is 4.39 Å². The first-order chi connectivity index (χ1) is 21.2. The lowest BCUT2D eigenvalue weighted by Crippen LogP contribution is -2.47. The number of halogens is 1. The van der Waals surface area contributed by atoms with Crippen molar-refractivity contribution >= 4 is 52.3 Å². The number of nitrogens with two attached hydrogens (primary N) is 2. The largest absolute Gasteiger partial charge is 0.481 e. The van der Waals surface area contributed by atoms with Crippen LogP contribution in [0.2, 0.25) is 0 Å². The molecule has 45 heavy (non-hydrogen) atoms. The number of nitrogen functional groups attached to an aromatic ring is 1. The first kappa shape index (κ1) is 33.7. The van der Waals surface area contributed by atoms with Crippen LogP contribution in [0.1, 0.15) is 35.2 Å². The van der Waals surface area contributed by atoms with Gasteiger partial charge in [0.15, 0.2) is 5.78 Å². The van der Waals surface area contributed by atoms with Crippen LogP contribution in [0.5, 0.6) is 0 Å². The fraction of sp³-hybridized carbons (Fsp3) is 0.321. The number of fused-ring (bicyclic) bond motifs is 1. The van der Waals surface area contributed by atoms with Crippen LogP contribution in [-0.2, 0) is 25.6 Å². The molecule has 2 aromatic heterocycles. The zero-order valence-corrected chi connectivity index (χ0v) is 23.6. The number of hydrogen-bond donors (Lipinski definition) is 8. The number of aromatic nitrogens is 3. The second-order valence-corrected chi connectivity index (χ2v) is 9.96. The molecule has 0 saturated heterocycles. The number of nitrogens with zero attached hydrogens (tertiary/aromatic N) is 2. The van der Waals surface area contributed by atoms with Gasteiger partial charge < -0.3 is 42.0 Å². The Morgan fingerprint density at radius 2 is 1.87 bits per heavy atom. The number of aliphatic carboxylic acids is 3. The summed E-state index contributed by atoms with van der Waals surface area (Å²) in [6, 6.07) is -0.0588. The lowest BCUT2D eigenvalue weighted by molar-refractivity contribution is -0.148. The number of Topliss-reactive ketones (excluding diaryl/α,β-unsaturated/α-hetero) is 1. The molecular formula is C28H30FN7O9. The van der Waals surface area contributed by atoms with E-state index in [0.717, 1.165) is 6.07 Å². The van der Waals surface area contributed by atoms with E-state index in [1.807, 2.05) is 0 Å². The lowest BCUT2D eigenvalue weighted by atomic mass is 9.89. The van der Waals surface area contributed by atoms with Crippen LogP contribution < -0.4 is 27.2 Å². The van der Waals surface area contributed by atoms with Crippen molar-refractivity contribution in [3.63, 3.8) is 0 Å². The number of amides is 1. The zero-order valence-electron chi connectivity index (χ0n) is 23.6. The average Bonchev–Trinajstić information content (AvgIpc) is 3.38. The maximum absolute atomic E-state index is 15.3. The molecule has 0 radical (unpaired) electrons. The predicted octanol–water partition coefficient (Wildman–Crippen LogP) is -0.310. The molecule has 1 unspecified atom stereocenters. The summed E-state index contributed by atoms with van der Waals surface area (Å²) in [4.78, 5) is 83.1.